The highest BCUT2D eigenvalue weighted by Crippen LogP contribution is 2.34. The van der Waals surface area contributed by atoms with Crippen molar-refractivity contribution in [2.45, 2.75) is 19.6 Å². The van der Waals surface area contributed by atoms with Gasteiger partial charge in [0.25, 0.3) is 5.91 Å². The van der Waals surface area contributed by atoms with Crippen LogP contribution in [0.5, 0.6) is 5.75 Å². The summed E-state index contributed by atoms with van der Waals surface area (Å²) in [6, 6.07) is 5.56. The van der Waals surface area contributed by atoms with E-state index in [0.717, 1.165) is 5.56 Å². The van der Waals surface area contributed by atoms with Gasteiger partial charge in [-0.3, -0.25) is 14.5 Å². The van der Waals surface area contributed by atoms with Crippen LogP contribution in [0, 0.1) is 0 Å². The van der Waals surface area contributed by atoms with Crippen molar-refractivity contribution in [1.82, 2.24) is 4.90 Å². The maximum atomic E-state index is 11.9. The second-order valence-electron chi connectivity index (χ2n) is 5.03. The Morgan fingerprint density at radius 3 is 2.85 bits per heavy atom. The van der Waals surface area contributed by atoms with Crippen molar-refractivity contribution in [2.75, 3.05) is 25.5 Å². The Morgan fingerprint density at radius 2 is 2.20 bits per heavy atom. The molecule has 0 bridgehead atoms. The molecule has 1 N–H and O–H groups in total. The molecule has 0 aromatic heterocycles. The van der Waals surface area contributed by atoms with E-state index in [1.165, 1.54) is 0 Å². The number of ether oxygens (including phenoxy) is 1. The number of anilines is 1. The van der Waals surface area contributed by atoms with Crippen molar-refractivity contribution in [1.29, 1.82) is 0 Å². The lowest BCUT2D eigenvalue weighted by molar-refractivity contribution is -0.138. The topological polar surface area (TPSA) is 70.1 Å². The van der Waals surface area contributed by atoms with Gasteiger partial charge in [-0.25, -0.2) is 0 Å². The minimum absolute atomic E-state index is 0.0284. The van der Waals surface area contributed by atoms with Crippen molar-refractivity contribution < 1.29 is 19.4 Å². The van der Waals surface area contributed by atoms with Gasteiger partial charge in [0.15, 0.2) is 6.10 Å². The van der Waals surface area contributed by atoms with Gasteiger partial charge in [-0.15, -0.1) is 0 Å². The van der Waals surface area contributed by atoms with Crippen molar-refractivity contribution >= 4 is 17.6 Å². The van der Waals surface area contributed by atoms with E-state index in [0.29, 0.717) is 18.0 Å². The van der Waals surface area contributed by atoms with Gasteiger partial charge in [0.05, 0.1) is 12.2 Å². The molecular weight excluding hydrogens is 260 g/mol. The number of aliphatic carboxylic acids is 1. The molecule has 1 aromatic rings. The highest BCUT2D eigenvalue weighted by Gasteiger charge is 2.28. The largest absolute Gasteiger partial charge is 0.480 e. The van der Waals surface area contributed by atoms with E-state index in [4.69, 9.17) is 9.84 Å². The van der Waals surface area contributed by atoms with Crippen LogP contribution in [-0.4, -0.2) is 48.6 Å². The molecule has 0 fully saturated rings. The molecule has 0 radical (unpaired) electrons. The van der Waals surface area contributed by atoms with Gasteiger partial charge < -0.3 is 14.7 Å². The number of amides is 1. The number of carboxylic acids is 1. The second kappa shape index (κ2) is 5.50. The van der Waals surface area contributed by atoms with E-state index in [1.807, 2.05) is 18.2 Å². The SMILES string of the molecule is CC1Oc2ccc(CN(C)CC(=O)O)cc2N(C)C1=O. The van der Waals surface area contributed by atoms with Crippen LogP contribution in [-0.2, 0) is 16.1 Å². The number of carboxylic acid groups (broad SMARTS) is 1. The van der Waals surface area contributed by atoms with Crippen LogP contribution < -0.4 is 9.64 Å². The van der Waals surface area contributed by atoms with Crippen molar-refractivity contribution in [3.05, 3.63) is 23.8 Å². The maximum absolute atomic E-state index is 11.9. The molecule has 1 atom stereocenters. The Kier molecular flexibility index (Phi) is 3.94. The van der Waals surface area contributed by atoms with Gasteiger partial charge in [-0.05, 0) is 31.7 Å². The summed E-state index contributed by atoms with van der Waals surface area (Å²) in [5, 5.41) is 8.75. The first kappa shape index (κ1) is 14.3. The number of nitrogens with zero attached hydrogens (tertiary/aromatic N) is 2. The Balaban J connectivity index is 2.19. The number of rotatable bonds is 4. The number of fused-ring (bicyclic) bond motifs is 1. The Bertz CT molecular complexity index is 544. The Labute approximate surface area is 117 Å². The van der Waals surface area contributed by atoms with E-state index >= 15 is 0 Å². The van der Waals surface area contributed by atoms with E-state index in [-0.39, 0.29) is 12.5 Å². The van der Waals surface area contributed by atoms with E-state index in [1.54, 1.807) is 30.8 Å². The number of hydrogen-bond acceptors (Lipinski definition) is 4. The van der Waals surface area contributed by atoms with Gasteiger partial charge in [-0.1, -0.05) is 6.07 Å². The van der Waals surface area contributed by atoms with Gasteiger partial charge in [-0.2, -0.15) is 0 Å². The Hall–Kier alpha value is -2.08. The van der Waals surface area contributed by atoms with E-state index in [9.17, 15) is 9.59 Å². The summed E-state index contributed by atoms with van der Waals surface area (Å²) in [5.41, 5.74) is 1.65. The van der Waals surface area contributed by atoms with Crippen LogP contribution in [0.25, 0.3) is 0 Å². The fourth-order valence-corrected chi connectivity index (χ4v) is 2.25. The summed E-state index contributed by atoms with van der Waals surface area (Å²) in [4.78, 5) is 25.8. The third-order valence-corrected chi connectivity index (χ3v) is 3.22. The third kappa shape index (κ3) is 2.91. The second-order valence-corrected chi connectivity index (χ2v) is 5.03. The summed E-state index contributed by atoms with van der Waals surface area (Å²) in [7, 11) is 3.45. The molecule has 1 aliphatic heterocycles. The fraction of sp³-hybridized carbons (Fsp3) is 0.429. The molecule has 0 saturated carbocycles. The predicted molar refractivity (Wildman–Crippen MR) is 73.9 cm³/mol. The number of carbonyl (C=O) groups is 2. The van der Waals surface area contributed by atoms with Crippen molar-refractivity contribution in [3.63, 3.8) is 0 Å². The molecule has 6 heteroatoms. The van der Waals surface area contributed by atoms with Crippen LogP contribution in [0.15, 0.2) is 18.2 Å². The molecule has 0 aliphatic carbocycles. The molecule has 2 rings (SSSR count). The highest BCUT2D eigenvalue weighted by molar-refractivity contribution is 5.99. The zero-order valence-corrected chi connectivity index (χ0v) is 11.8. The predicted octanol–water partition coefficient (Wildman–Crippen LogP) is 0.947. The first-order valence-electron chi connectivity index (χ1n) is 6.36. The number of benzene rings is 1. The molecule has 1 aliphatic rings. The average Bonchev–Trinajstić information content (AvgIpc) is 2.36. The lowest BCUT2D eigenvalue weighted by Crippen LogP contribution is -2.42. The first-order valence-corrected chi connectivity index (χ1v) is 6.36. The van der Waals surface area contributed by atoms with Crippen LogP contribution in [0.1, 0.15) is 12.5 Å². The van der Waals surface area contributed by atoms with Gasteiger partial charge in [0.1, 0.15) is 5.75 Å². The normalized spacial score (nSPS) is 17.9. The van der Waals surface area contributed by atoms with Crippen molar-refractivity contribution in [2.24, 2.45) is 0 Å². The van der Waals surface area contributed by atoms with E-state index in [2.05, 4.69) is 0 Å². The molecule has 0 spiro atoms. The summed E-state index contributed by atoms with van der Waals surface area (Å²) in [5.74, 6) is -0.285. The standard InChI is InChI=1S/C14H18N2O4/c1-9-14(19)16(3)11-6-10(4-5-12(11)20-9)7-15(2)8-13(17)18/h4-6,9H,7-8H2,1-3H3,(H,17,18). The molecule has 1 aromatic carbocycles. The molecule has 20 heavy (non-hydrogen) atoms. The fourth-order valence-electron chi connectivity index (χ4n) is 2.25. The third-order valence-electron chi connectivity index (χ3n) is 3.22. The molecule has 1 heterocycles. The average molecular weight is 278 g/mol. The molecule has 108 valence electrons. The van der Waals surface area contributed by atoms with E-state index < -0.39 is 12.1 Å². The maximum Gasteiger partial charge on any atom is 0.317 e. The number of likely N-dealkylation sites (N-methyl/N-ethyl adjacent to an activating group) is 2. The zero-order valence-electron chi connectivity index (χ0n) is 11.8. The molecular formula is C14H18N2O4. The van der Waals surface area contributed by atoms with Crippen LogP contribution >= 0.6 is 0 Å². The summed E-state index contributed by atoms with van der Waals surface area (Å²) in [6.45, 7) is 2.19. The monoisotopic (exact) mass is 278 g/mol. The van der Waals surface area contributed by atoms with Crippen LogP contribution in [0.2, 0.25) is 0 Å². The number of hydrogen-bond donors (Lipinski definition) is 1. The van der Waals surface area contributed by atoms with Crippen LogP contribution in [0.3, 0.4) is 0 Å². The minimum atomic E-state index is -0.866. The van der Waals surface area contributed by atoms with Gasteiger partial charge in [0.2, 0.25) is 0 Å². The van der Waals surface area contributed by atoms with Crippen molar-refractivity contribution in [3.8, 4) is 5.75 Å². The Morgan fingerprint density at radius 1 is 1.50 bits per heavy atom. The smallest absolute Gasteiger partial charge is 0.317 e. The summed E-state index contributed by atoms with van der Waals surface area (Å²) >= 11 is 0. The lowest BCUT2D eigenvalue weighted by atomic mass is 10.1. The molecule has 6 nitrogen and oxygen atoms in total. The van der Waals surface area contributed by atoms with Crippen LogP contribution in [0.4, 0.5) is 5.69 Å². The molecule has 0 saturated heterocycles. The minimum Gasteiger partial charge on any atom is -0.480 e. The zero-order chi connectivity index (χ0) is 14.9. The van der Waals surface area contributed by atoms with Gasteiger partial charge in [0, 0.05) is 13.6 Å². The molecule has 1 unspecified atom stereocenters. The number of carbonyl (C=O) groups excluding carboxylic acids is 1. The van der Waals surface area contributed by atoms with Gasteiger partial charge >= 0.3 is 5.97 Å². The summed E-state index contributed by atoms with van der Waals surface area (Å²) in [6.07, 6.45) is -0.479. The lowest BCUT2D eigenvalue weighted by Gasteiger charge is -2.30. The molecule has 1 amide bonds. The first-order chi connectivity index (χ1) is 9.38. The highest BCUT2D eigenvalue weighted by atomic mass is 16.5. The summed E-state index contributed by atoms with van der Waals surface area (Å²) < 4.78 is 5.54. The quantitative estimate of drug-likeness (QED) is 0.888.